The zero-order valence-corrected chi connectivity index (χ0v) is 20.9. The van der Waals surface area contributed by atoms with Crippen LogP contribution in [-0.2, 0) is 5.41 Å². The summed E-state index contributed by atoms with van der Waals surface area (Å²) in [6.07, 6.45) is 2.73. The molecule has 0 aliphatic heterocycles. The number of aromatic nitrogens is 2. The molecule has 0 aliphatic rings. The molecule has 1 aromatic heterocycles. The Hall–Kier alpha value is -1.99. The predicted molar refractivity (Wildman–Crippen MR) is 130 cm³/mol. The summed E-state index contributed by atoms with van der Waals surface area (Å²) < 4.78 is 8.96. The van der Waals surface area contributed by atoms with Gasteiger partial charge in [0.25, 0.3) is 5.56 Å². The maximum atomic E-state index is 13.2. The summed E-state index contributed by atoms with van der Waals surface area (Å²) in [6.45, 7) is 10.2. The molecular weight excluding hydrogens is 510 g/mol. The third kappa shape index (κ3) is 5.01. The highest BCUT2D eigenvalue weighted by molar-refractivity contribution is 9.10. The van der Waals surface area contributed by atoms with Crippen molar-refractivity contribution in [1.82, 2.24) is 9.66 Å². The standard InChI is InChI=1S/C23H25Br2N3O2/c1-6-14(2)30-20-10-7-15(11-18(20)25)13-26-28-21(29)17-12-16(24)8-9-19(17)27-22(28)23(3,4)5/h7-14H,6H2,1-5H3/t14-/m1/s1. The number of benzene rings is 2. The van der Waals surface area contributed by atoms with Crippen molar-refractivity contribution in [2.24, 2.45) is 5.10 Å². The molecule has 2 aromatic carbocycles. The van der Waals surface area contributed by atoms with Crippen LogP contribution in [0.2, 0.25) is 0 Å². The molecule has 0 aliphatic carbocycles. The van der Waals surface area contributed by atoms with Crippen molar-refractivity contribution in [2.45, 2.75) is 52.6 Å². The Morgan fingerprint density at radius 2 is 1.93 bits per heavy atom. The highest BCUT2D eigenvalue weighted by atomic mass is 79.9. The monoisotopic (exact) mass is 533 g/mol. The van der Waals surface area contributed by atoms with Gasteiger partial charge in [0.2, 0.25) is 0 Å². The third-order valence-corrected chi connectivity index (χ3v) is 5.77. The summed E-state index contributed by atoms with van der Waals surface area (Å²) in [5.41, 5.74) is 0.957. The molecule has 0 bridgehead atoms. The molecule has 1 heterocycles. The molecule has 158 valence electrons. The molecule has 0 fully saturated rings. The van der Waals surface area contributed by atoms with Crippen LogP contribution in [0, 0.1) is 0 Å². The summed E-state index contributed by atoms with van der Waals surface area (Å²) in [7, 11) is 0. The Morgan fingerprint density at radius 1 is 1.20 bits per heavy atom. The Kier molecular flexibility index (Phi) is 6.82. The average molecular weight is 535 g/mol. The molecule has 0 unspecified atom stereocenters. The molecule has 3 aromatic rings. The molecule has 3 rings (SSSR count). The molecule has 0 radical (unpaired) electrons. The minimum atomic E-state index is -0.355. The summed E-state index contributed by atoms with van der Waals surface area (Å²) >= 11 is 6.99. The normalized spacial score (nSPS) is 13.2. The predicted octanol–water partition coefficient (Wildman–Crippen LogP) is 6.28. The zero-order valence-electron chi connectivity index (χ0n) is 17.7. The minimum Gasteiger partial charge on any atom is -0.490 e. The molecule has 0 saturated heterocycles. The van der Waals surface area contributed by atoms with Crippen molar-refractivity contribution >= 4 is 49.0 Å². The van der Waals surface area contributed by atoms with E-state index in [1.807, 2.05) is 58.0 Å². The Bertz CT molecular complexity index is 1160. The lowest BCUT2D eigenvalue weighted by atomic mass is 9.95. The topological polar surface area (TPSA) is 56.5 Å². The largest absolute Gasteiger partial charge is 0.490 e. The van der Waals surface area contributed by atoms with Gasteiger partial charge in [0.05, 0.1) is 27.7 Å². The van der Waals surface area contributed by atoms with Crippen LogP contribution in [0.1, 0.15) is 52.4 Å². The number of hydrogen-bond acceptors (Lipinski definition) is 4. The Labute approximate surface area is 193 Å². The van der Waals surface area contributed by atoms with Crippen molar-refractivity contribution in [3.05, 3.63) is 67.1 Å². The van der Waals surface area contributed by atoms with E-state index in [4.69, 9.17) is 9.72 Å². The summed E-state index contributed by atoms with van der Waals surface area (Å²) in [5, 5.41) is 5.03. The fourth-order valence-corrected chi connectivity index (χ4v) is 3.71. The smallest absolute Gasteiger partial charge is 0.282 e. The second-order valence-electron chi connectivity index (χ2n) is 8.23. The van der Waals surface area contributed by atoms with Crippen LogP contribution in [0.4, 0.5) is 0 Å². The third-order valence-electron chi connectivity index (χ3n) is 4.66. The van der Waals surface area contributed by atoms with Crippen LogP contribution in [0.5, 0.6) is 5.75 Å². The molecule has 5 nitrogen and oxygen atoms in total. The molecule has 0 saturated carbocycles. The van der Waals surface area contributed by atoms with E-state index >= 15 is 0 Å². The van der Waals surface area contributed by atoms with E-state index in [1.165, 1.54) is 4.68 Å². The van der Waals surface area contributed by atoms with E-state index < -0.39 is 0 Å². The zero-order chi connectivity index (χ0) is 22.1. The molecule has 1 atom stereocenters. The van der Waals surface area contributed by atoms with Crippen LogP contribution < -0.4 is 10.3 Å². The number of rotatable bonds is 5. The van der Waals surface area contributed by atoms with Gasteiger partial charge in [-0.1, -0.05) is 43.6 Å². The summed E-state index contributed by atoms with van der Waals surface area (Å²) in [4.78, 5) is 17.9. The second kappa shape index (κ2) is 9.02. The van der Waals surface area contributed by atoms with E-state index in [2.05, 4.69) is 43.9 Å². The molecule has 0 spiro atoms. The fraction of sp³-hybridized carbons (Fsp3) is 0.348. The lowest BCUT2D eigenvalue weighted by molar-refractivity contribution is 0.216. The highest BCUT2D eigenvalue weighted by Crippen LogP contribution is 2.27. The molecule has 30 heavy (non-hydrogen) atoms. The van der Waals surface area contributed by atoms with Crippen molar-refractivity contribution < 1.29 is 4.74 Å². The SMILES string of the molecule is CC[C@@H](C)Oc1ccc(C=Nn2c(C(C)(C)C)nc3ccc(Br)cc3c2=O)cc1Br. The summed E-state index contributed by atoms with van der Waals surface area (Å²) in [6, 6.07) is 11.3. The van der Waals surface area contributed by atoms with E-state index in [1.54, 1.807) is 12.3 Å². The fourth-order valence-electron chi connectivity index (χ4n) is 2.86. The van der Waals surface area contributed by atoms with E-state index in [0.29, 0.717) is 16.7 Å². The van der Waals surface area contributed by atoms with Crippen LogP contribution >= 0.6 is 31.9 Å². The van der Waals surface area contributed by atoms with Gasteiger partial charge in [0.1, 0.15) is 11.6 Å². The van der Waals surface area contributed by atoms with Crippen LogP contribution in [0.3, 0.4) is 0 Å². The van der Waals surface area contributed by atoms with Gasteiger partial charge in [-0.25, -0.2) is 4.98 Å². The number of fused-ring (bicyclic) bond motifs is 1. The maximum absolute atomic E-state index is 13.2. The van der Waals surface area contributed by atoms with Gasteiger partial charge in [-0.2, -0.15) is 9.78 Å². The van der Waals surface area contributed by atoms with Gasteiger partial charge in [0.15, 0.2) is 0 Å². The van der Waals surface area contributed by atoms with Crippen LogP contribution in [0.25, 0.3) is 10.9 Å². The minimum absolute atomic E-state index is 0.136. The molecule has 7 heteroatoms. The van der Waals surface area contributed by atoms with Gasteiger partial charge >= 0.3 is 0 Å². The lowest BCUT2D eigenvalue weighted by Crippen LogP contribution is -2.29. The number of nitrogens with zero attached hydrogens (tertiary/aromatic N) is 3. The van der Waals surface area contributed by atoms with Gasteiger partial charge < -0.3 is 4.74 Å². The lowest BCUT2D eigenvalue weighted by Gasteiger charge is -2.20. The number of ether oxygens (including phenoxy) is 1. The molecular formula is C23H25Br2N3O2. The van der Waals surface area contributed by atoms with E-state index in [-0.39, 0.29) is 17.1 Å². The summed E-state index contributed by atoms with van der Waals surface area (Å²) in [5.74, 6) is 1.39. The van der Waals surface area contributed by atoms with Crippen molar-refractivity contribution in [3.63, 3.8) is 0 Å². The molecule has 0 amide bonds. The van der Waals surface area contributed by atoms with Gasteiger partial charge in [-0.3, -0.25) is 4.79 Å². The number of halogens is 2. The van der Waals surface area contributed by atoms with Crippen LogP contribution in [-0.4, -0.2) is 22.0 Å². The van der Waals surface area contributed by atoms with Crippen LogP contribution in [0.15, 0.2) is 55.2 Å². The first-order valence-corrected chi connectivity index (χ1v) is 11.4. The van der Waals surface area contributed by atoms with Gasteiger partial charge in [-0.05, 0) is 71.2 Å². The van der Waals surface area contributed by atoms with E-state index in [0.717, 1.165) is 26.7 Å². The Morgan fingerprint density at radius 3 is 2.57 bits per heavy atom. The van der Waals surface area contributed by atoms with Crippen molar-refractivity contribution in [2.75, 3.05) is 0 Å². The number of hydrogen-bond donors (Lipinski definition) is 0. The van der Waals surface area contributed by atoms with Gasteiger partial charge in [-0.15, -0.1) is 0 Å². The van der Waals surface area contributed by atoms with Crippen molar-refractivity contribution in [3.8, 4) is 5.75 Å². The first-order valence-electron chi connectivity index (χ1n) is 9.83. The first kappa shape index (κ1) is 22.7. The second-order valence-corrected chi connectivity index (χ2v) is 10.0. The quantitative estimate of drug-likeness (QED) is 0.362. The highest BCUT2D eigenvalue weighted by Gasteiger charge is 2.22. The Balaban J connectivity index is 2.06. The van der Waals surface area contributed by atoms with Crippen molar-refractivity contribution in [1.29, 1.82) is 0 Å². The maximum Gasteiger partial charge on any atom is 0.282 e. The van der Waals surface area contributed by atoms with E-state index in [9.17, 15) is 4.79 Å². The average Bonchev–Trinajstić information content (AvgIpc) is 2.68. The first-order chi connectivity index (χ1) is 14.1. The molecule has 0 N–H and O–H groups in total. The van der Waals surface area contributed by atoms with Gasteiger partial charge in [0, 0.05) is 9.89 Å².